The Morgan fingerprint density at radius 2 is 2.09 bits per heavy atom. The number of nitrogens with zero attached hydrogens (tertiary/aromatic N) is 2. The van der Waals surface area contributed by atoms with Gasteiger partial charge < -0.3 is 5.73 Å². The molecule has 62 valence electrons. The molecule has 3 heteroatoms. The molecule has 0 aliphatic carbocycles. The Hall–Kier alpha value is -0.830. The van der Waals surface area contributed by atoms with E-state index in [1.807, 2.05) is 24.0 Å². The molecule has 1 heterocycles. The molecule has 0 radical (unpaired) electrons. The van der Waals surface area contributed by atoms with Gasteiger partial charge in [-0.05, 0) is 20.8 Å². The second-order valence-corrected chi connectivity index (χ2v) is 3.14. The van der Waals surface area contributed by atoms with Gasteiger partial charge in [0.2, 0.25) is 0 Å². The van der Waals surface area contributed by atoms with Gasteiger partial charge in [-0.1, -0.05) is 0 Å². The lowest BCUT2D eigenvalue weighted by Gasteiger charge is -2.03. The van der Waals surface area contributed by atoms with Crippen molar-refractivity contribution in [1.82, 2.24) is 9.78 Å². The predicted octanol–water partition coefficient (Wildman–Crippen LogP) is 1.48. The van der Waals surface area contributed by atoms with Crippen molar-refractivity contribution in [2.45, 2.75) is 32.9 Å². The quantitative estimate of drug-likeness (QED) is 0.699. The summed E-state index contributed by atoms with van der Waals surface area (Å²) in [6, 6.07) is 0.505. The smallest absolute Gasteiger partial charge is 0.0537 e. The van der Waals surface area contributed by atoms with Crippen molar-refractivity contribution in [2.75, 3.05) is 0 Å². The van der Waals surface area contributed by atoms with Crippen LogP contribution in [0.1, 0.15) is 38.4 Å². The molecule has 1 aromatic heterocycles. The molecule has 0 amide bonds. The third-order valence-corrected chi connectivity index (χ3v) is 1.68. The van der Waals surface area contributed by atoms with Crippen LogP contribution in [0.5, 0.6) is 0 Å². The van der Waals surface area contributed by atoms with Crippen molar-refractivity contribution in [3.63, 3.8) is 0 Å². The molecule has 1 aromatic rings. The lowest BCUT2D eigenvalue weighted by atomic mass is 10.2. The monoisotopic (exact) mass is 153 g/mol. The van der Waals surface area contributed by atoms with E-state index in [0.717, 1.165) is 5.56 Å². The number of aromatic nitrogens is 2. The zero-order valence-corrected chi connectivity index (χ0v) is 7.28. The van der Waals surface area contributed by atoms with Crippen molar-refractivity contribution in [2.24, 2.45) is 5.73 Å². The van der Waals surface area contributed by atoms with Gasteiger partial charge in [0.25, 0.3) is 0 Å². The average Bonchev–Trinajstić information content (AvgIpc) is 2.33. The lowest BCUT2D eigenvalue weighted by molar-refractivity contribution is 0.531. The number of rotatable bonds is 2. The van der Waals surface area contributed by atoms with Crippen LogP contribution in [-0.4, -0.2) is 9.78 Å². The highest BCUT2D eigenvalue weighted by Gasteiger charge is 2.03. The molecule has 0 saturated carbocycles. The molecule has 0 saturated heterocycles. The van der Waals surface area contributed by atoms with Gasteiger partial charge in [-0.25, -0.2) is 0 Å². The van der Waals surface area contributed by atoms with E-state index in [4.69, 9.17) is 5.73 Å². The first-order chi connectivity index (χ1) is 5.11. The fraction of sp³-hybridized carbons (Fsp3) is 0.625. The zero-order valence-electron chi connectivity index (χ0n) is 7.28. The van der Waals surface area contributed by atoms with Crippen LogP contribution in [0.3, 0.4) is 0 Å². The Labute approximate surface area is 67.2 Å². The summed E-state index contributed by atoms with van der Waals surface area (Å²) < 4.78 is 1.92. The van der Waals surface area contributed by atoms with Gasteiger partial charge in [0.15, 0.2) is 0 Å². The topological polar surface area (TPSA) is 43.8 Å². The van der Waals surface area contributed by atoms with E-state index < -0.39 is 0 Å². The zero-order chi connectivity index (χ0) is 8.43. The van der Waals surface area contributed by atoms with Crippen LogP contribution in [0.15, 0.2) is 12.4 Å². The van der Waals surface area contributed by atoms with Crippen LogP contribution in [-0.2, 0) is 0 Å². The predicted molar refractivity (Wildman–Crippen MR) is 45.2 cm³/mol. The first-order valence-corrected chi connectivity index (χ1v) is 3.91. The summed E-state index contributed by atoms with van der Waals surface area (Å²) in [5, 5.41) is 4.17. The molecule has 0 fully saturated rings. The van der Waals surface area contributed by atoms with Crippen LogP contribution < -0.4 is 5.73 Å². The molecule has 0 bridgehead atoms. The molecule has 11 heavy (non-hydrogen) atoms. The van der Waals surface area contributed by atoms with E-state index in [1.54, 1.807) is 0 Å². The Balaban J connectivity index is 2.82. The van der Waals surface area contributed by atoms with E-state index in [0.29, 0.717) is 6.04 Å². The van der Waals surface area contributed by atoms with E-state index in [2.05, 4.69) is 18.9 Å². The molecule has 3 nitrogen and oxygen atoms in total. The van der Waals surface area contributed by atoms with Crippen LogP contribution in [0.25, 0.3) is 0 Å². The maximum absolute atomic E-state index is 5.67. The summed E-state index contributed by atoms with van der Waals surface area (Å²) in [7, 11) is 0. The molecule has 0 aliphatic rings. The van der Waals surface area contributed by atoms with E-state index >= 15 is 0 Å². The molecule has 0 spiro atoms. The number of hydrogen-bond donors (Lipinski definition) is 1. The lowest BCUT2D eigenvalue weighted by Crippen LogP contribution is -2.04. The van der Waals surface area contributed by atoms with Gasteiger partial charge >= 0.3 is 0 Å². The average molecular weight is 153 g/mol. The van der Waals surface area contributed by atoms with Crippen molar-refractivity contribution in [3.8, 4) is 0 Å². The second kappa shape index (κ2) is 3.05. The third-order valence-electron chi connectivity index (χ3n) is 1.68. The summed E-state index contributed by atoms with van der Waals surface area (Å²) in [6.45, 7) is 6.15. The van der Waals surface area contributed by atoms with Gasteiger partial charge in [0.05, 0.1) is 6.20 Å². The van der Waals surface area contributed by atoms with Crippen LogP contribution in [0.2, 0.25) is 0 Å². The highest BCUT2D eigenvalue weighted by atomic mass is 15.3. The molecule has 1 unspecified atom stereocenters. The SMILES string of the molecule is CC(N)c1cnn(C(C)C)c1. The fourth-order valence-corrected chi connectivity index (χ4v) is 0.870. The highest BCUT2D eigenvalue weighted by molar-refractivity contribution is 5.08. The molecule has 0 aliphatic heterocycles. The summed E-state index contributed by atoms with van der Waals surface area (Å²) >= 11 is 0. The van der Waals surface area contributed by atoms with Crippen LogP contribution in [0.4, 0.5) is 0 Å². The Morgan fingerprint density at radius 3 is 2.36 bits per heavy atom. The standard InChI is InChI=1S/C8H15N3/c1-6(2)11-5-8(4-10-11)7(3)9/h4-7H,9H2,1-3H3. The minimum absolute atomic E-state index is 0.0856. The van der Waals surface area contributed by atoms with Gasteiger partial charge in [-0.2, -0.15) is 5.10 Å². The molecule has 1 rings (SSSR count). The van der Waals surface area contributed by atoms with Crippen molar-refractivity contribution >= 4 is 0 Å². The maximum Gasteiger partial charge on any atom is 0.0537 e. The first-order valence-electron chi connectivity index (χ1n) is 3.91. The van der Waals surface area contributed by atoms with Crippen LogP contribution in [0, 0.1) is 0 Å². The van der Waals surface area contributed by atoms with Gasteiger partial charge in [-0.3, -0.25) is 4.68 Å². The minimum Gasteiger partial charge on any atom is -0.324 e. The third kappa shape index (κ3) is 1.80. The largest absolute Gasteiger partial charge is 0.324 e. The van der Waals surface area contributed by atoms with E-state index in [-0.39, 0.29) is 6.04 Å². The normalized spacial score (nSPS) is 13.9. The van der Waals surface area contributed by atoms with Gasteiger partial charge in [-0.15, -0.1) is 0 Å². The molecule has 2 N–H and O–H groups in total. The summed E-state index contributed by atoms with van der Waals surface area (Å²) in [4.78, 5) is 0. The Kier molecular flexibility index (Phi) is 2.29. The van der Waals surface area contributed by atoms with Gasteiger partial charge in [0, 0.05) is 23.8 Å². The highest BCUT2D eigenvalue weighted by Crippen LogP contribution is 2.10. The summed E-state index contributed by atoms with van der Waals surface area (Å²) in [5.74, 6) is 0. The van der Waals surface area contributed by atoms with Crippen LogP contribution >= 0.6 is 0 Å². The Bertz CT molecular complexity index is 202. The van der Waals surface area contributed by atoms with Crippen molar-refractivity contribution in [1.29, 1.82) is 0 Å². The summed E-state index contributed by atoms with van der Waals surface area (Å²) in [6.07, 6.45) is 3.82. The maximum atomic E-state index is 5.67. The minimum atomic E-state index is 0.0856. The number of hydrogen-bond acceptors (Lipinski definition) is 2. The molecule has 1 atom stereocenters. The van der Waals surface area contributed by atoms with E-state index in [9.17, 15) is 0 Å². The van der Waals surface area contributed by atoms with E-state index in [1.165, 1.54) is 0 Å². The molecular weight excluding hydrogens is 138 g/mol. The first kappa shape index (κ1) is 8.27. The molecule has 0 aromatic carbocycles. The van der Waals surface area contributed by atoms with Crippen molar-refractivity contribution in [3.05, 3.63) is 18.0 Å². The number of nitrogens with two attached hydrogens (primary N) is 1. The summed E-state index contributed by atoms with van der Waals surface area (Å²) in [5.41, 5.74) is 6.77. The second-order valence-electron chi connectivity index (χ2n) is 3.14. The van der Waals surface area contributed by atoms with Crippen molar-refractivity contribution < 1.29 is 0 Å². The Morgan fingerprint density at radius 1 is 1.45 bits per heavy atom. The molecular formula is C8H15N3. The van der Waals surface area contributed by atoms with Gasteiger partial charge in [0.1, 0.15) is 0 Å². The fourth-order valence-electron chi connectivity index (χ4n) is 0.870.